The molecule has 0 aliphatic carbocycles. The third kappa shape index (κ3) is 7.35. The highest BCUT2D eigenvalue weighted by atomic mass is 17.3. The Balaban J connectivity index is 4.66. The lowest BCUT2D eigenvalue weighted by molar-refractivity contribution is -0.574. The molecule has 0 heterocycles. The maximum absolute atomic E-state index is 9.22. The summed E-state index contributed by atoms with van der Waals surface area (Å²) in [6, 6.07) is 0. The molecule has 0 spiro atoms. The molecular formula is C16H34O6. The summed E-state index contributed by atoms with van der Waals surface area (Å²) in [6.07, 6.45) is 7.71. The van der Waals surface area contributed by atoms with Crippen LogP contribution in [0.3, 0.4) is 0 Å². The molecule has 134 valence electrons. The Bertz CT molecular complexity index is 225. The molecule has 2 unspecified atom stereocenters. The molecule has 0 aromatic carbocycles. The Kier molecular flexibility index (Phi) is 12.1. The predicted molar refractivity (Wildman–Crippen MR) is 83.9 cm³/mol. The minimum atomic E-state index is -1.22. The van der Waals surface area contributed by atoms with Crippen LogP contribution in [0.4, 0.5) is 0 Å². The fourth-order valence-electron chi connectivity index (χ4n) is 2.25. The van der Waals surface area contributed by atoms with Gasteiger partial charge < -0.3 is 0 Å². The summed E-state index contributed by atoms with van der Waals surface area (Å²) in [4.78, 5) is 19.9. The van der Waals surface area contributed by atoms with Crippen LogP contribution in [0.1, 0.15) is 91.9 Å². The number of unbranched alkanes of at least 4 members (excludes halogenated alkanes) is 4. The van der Waals surface area contributed by atoms with Crippen LogP contribution in [0, 0.1) is 0 Å². The summed E-state index contributed by atoms with van der Waals surface area (Å²) in [5, 5.41) is 18.4. The first-order valence-electron chi connectivity index (χ1n) is 8.59. The lowest BCUT2D eigenvalue weighted by Crippen LogP contribution is -2.42. The Morgan fingerprint density at radius 3 is 1.23 bits per heavy atom. The van der Waals surface area contributed by atoms with Gasteiger partial charge in [-0.2, -0.15) is 9.78 Å². The molecule has 0 amide bonds. The van der Waals surface area contributed by atoms with Crippen molar-refractivity contribution < 1.29 is 30.1 Å². The molecule has 0 aliphatic heterocycles. The summed E-state index contributed by atoms with van der Waals surface area (Å²) in [6.45, 7) is 7.88. The molecule has 0 radical (unpaired) electrons. The lowest BCUT2D eigenvalue weighted by Gasteiger charge is -2.34. The van der Waals surface area contributed by atoms with Crippen molar-refractivity contribution in [3.05, 3.63) is 0 Å². The Labute approximate surface area is 134 Å². The Morgan fingerprint density at radius 1 is 0.636 bits per heavy atom. The topological polar surface area (TPSA) is 77.4 Å². The highest BCUT2D eigenvalue weighted by molar-refractivity contribution is 4.68. The standard InChI is InChI=1S/C16H34O6/c1-5-9-11-13-15(7-3,19-17)21-22-16(8-4,20-18)14-12-10-6-2/h17-18H,5-14H2,1-4H3. The summed E-state index contributed by atoms with van der Waals surface area (Å²) >= 11 is 0. The van der Waals surface area contributed by atoms with Crippen molar-refractivity contribution in [1.82, 2.24) is 0 Å². The first-order chi connectivity index (χ1) is 10.6. The van der Waals surface area contributed by atoms with Crippen LogP contribution >= 0.6 is 0 Å². The van der Waals surface area contributed by atoms with Gasteiger partial charge in [-0.25, -0.2) is 20.3 Å². The van der Waals surface area contributed by atoms with E-state index < -0.39 is 11.6 Å². The molecule has 0 bridgehead atoms. The lowest BCUT2D eigenvalue weighted by atomic mass is 10.0. The van der Waals surface area contributed by atoms with E-state index in [0.29, 0.717) is 25.7 Å². The molecule has 6 nitrogen and oxygen atoms in total. The molecule has 0 aromatic heterocycles. The smallest absolute Gasteiger partial charge is 0.233 e. The number of hydrogen-bond acceptors (Lipinski definition) is 6. The zero-order valence-electron chi connectivity index (χ0n) is 14.6. The van der Waals surface area contributed by atoms with Crippen LogP contribution < -0.4 is 0 Å². The zero-order chi connectivity index (χ0) is 16.9. The monoisotopic (exact) mass is 322 g/mol. The third-order valence-corrected chi connectivity index (χ3v) is 4.08. The quantitative estimate of drug-likeness (QED) is 0.185. The molecule has 0 fully saturated rings. The van der Waals surface area contributed by atoms with Crippen LogP contribution in [0.5, 0.6) is 0 Å². The number of hydrogen-bond donors (Lipinski definition) is 2. The van der Waals surface area contributed by atoms with E-state index in [4.69, 9.17) is 9.78 Å². The second-order valence-corrected chi connectivity index (χ2v) is 5.79. The maximum atomic E-state index is 9.22. The van der Waals surface area contributed by atoms with Crippen LogP contribution in [0.2, 0.25) is 0 Å². The van der Waals surface area contributed by atoms with Gasteiger partial charge in [-0.3, -0.25) is 0 Å². The Morgan fingerprint density at radius 2 is 1.00 bits per heavy atom. The van der Waals surface area contributed by atoms with Crippen LogP contribution in [0.15, 0.2) is 0 Å². The average Bonchev–Trinajstić information content (AvgIpc) is 2.57. The van der Waals surface area contributed by atoms with E-state index in [1.807, 2.05) is 13.8 Å². The van der Waals surface area contributed by atoms with Gasteiger partial charge in [-0.1, -0.05) is 53.4 Å². The zero-order valence-corrected chi connectivity index (χ0v) is 14.6. The van der Waals surface area contributed by atoms with E-state index in [1.54, 1.807) is 0 Å². The van der Waals surface area contributed by atoms with Crippen molar-refractivity contribution in [3.8, 4) is 0 Å². The van der Waals surface area contributed by atoms with Gasteiger partial charge in [0.15, 0.2) is 0 Å². The predicted octanol–water partition coefficient (Wildman–Crippen LogP) is 5.29. The Hall–Kier alpha value is -0.240. The normalized spacial score (nSPS) is 17.2. The summed E-state index contributed by atoms with van der Waals surface area (Å²) in [5.74, 6) is -2.45. The van der Waals surface area contributed by atoms with E-state index in [0.717, 1.165) is 38.5 Å². The van der Waals surface area contributed by atoms with Crippen LogP contribution in [-0.2, 0) is 19.6 Å². The fraction of sp³-hybridized carbons (Fsp3) is 1.00. The van der Waals surface area contributed by atoms with Crippen molar-refractivity contribution in [2.45, 2.75) is 103 Å². The minimum Gasteiger partial charge on any atom is -0.249 e. The van der Waals surface area contributed by atoms with Gasteiger partial charge in [-0.05, 0) is 12.8 Å². The molecule has 0 rings (SSSR count). The summed E-state index contributed by atoms with van der Waals surface area (Å²) in [7, 11) is 0. The average molecular weight is 322 g/mol. The maximum Gasteiger partial charge on any atom is 0.233 e. The summed E-state index contributed by atoms with van der Waals surface area (Å²) in [5.41, 5.74) is 0. The summed E-state index contributed by atoms with van der Waals surface area (Å²) < 4.78 is 0. The molecule has 2 N–H and O–H groups in total. The highest BCUT2D eigenvalue weighted by Crippen LogP contribution is 2.31. The second-order valence-electron chi connectivity index (χ2n) is 5.79. The van der Waals surface area contributed by atoms with Crippen LogP contribution in [0.25, 0.3) is 0 Å². The molecule has 22 heavy (non-hydrogen) atoms. The third-order valence-electron chi connectivity index (χ3n) is 4.08. The first kappa shape index (κ1) is 21.8. The van der Waals surface area contributed by atoms with Crippen molar-refractivity contribution in [1.29, 1.82) is 0 Å². The molecule has 0 saturated heterocycles. The van der Waals surface area contributed by atoms with Crippen molar-refractivity contribution in [2.24, 2.45) is 0 Å². The van der Waals surface area contributed by atoms with Gasteiger partial charge in [-0.15, -0.1) is 0 Å². The largest absolute Gasteiger partial charge is 0.249 e. The van der Waals surface area contributed by atoms with Gasteiger partial charge in [0, 0.05) is 25.7 Å². The minimum absolute atomic E-state index is 0.424. The van der Waals surface area contributed by atoms with Gasteiger partial charge in [0.05, 0.1) is 0 Å². The molecular weight excluding hydrogens is 288 g/mol. The van der Waals surface area contributed by atoms with Crippen molar-refractivity contribution in [2.75, 3.05) is 0 Å². The molecule has 0 saturated carbocycles. The van der Waals surface area contributed by atoms with Gasteiger partial charge in [0.2, 0.25) is 11.6 Å². The molecule has 0 aromatic rings. The van der Waals surface area contributed by atoms with Crippen molar-refractivity contribution in [3.63, 3.8) is 0 Å². The SMILES string of the molecule is CCCCCC(CC)(OO)OOC(CC)(CCCCC)OO. The van der Waals surface area contributed by atoms with E-state index in [-0.39, 0.29) is 0 Å². The highest BCUT2D eigenvalue weighted by Gasteiger charge is 2.39. The van der Waals surface area contributed by atoms with E-state index in [9.17, 15) is 10.5 Å². The van der Waals surface area contributed by atoms with Gasteiger partial charge in [0.25, 0.3) is 0 Å². The van der Waals surface area contributed by atoms with E-state index in [2.05, 4.69) is 23.6 Å². The van der Waals surface area contributed by atoms with E-state index in [1.165, 1.54) is 0 Å². The molecule has 6 heteroatoms. The fourth-order valence-corrected chi connectivity index (χ4v) is 2.25. The van der Waals surface area contributed by atoms with Crippen molar-refractivity contribution >= 4 is 0 Å². The van der Waals surface area contributed by atoms with Crippen LogP contribution in [-0.4, -0.2) is 22.1 Å². The van der Waals surface area contributed by atoms with Gasteiger partial charge >= 0.3 is 0 Å². The van der Waals surface area contributed by atoms with Gasteiger partial charge in [0.1, 0.15) is 0 Å². The molecule has 2 atom stereocenters. The molecule has 0 aliphatic rings. The first-order valence-corrected chi connectivity index (χ1v) is 8.59. The second kappa shape index (κ2) is 12.2. The number of rotatable bonds is 15. The van der Waals surface area contributed by atoms with E-state index >= 15 is 0 Å².